The second kappa shape index (κ2) is 4.13. The van der Waals surface area contributed by atoms with Crippen LogP contribution < -0.4 is 5.73 Å². The fourth-order valence-corrected chi connectivity index (χ4v) is 1.77. The van der Waals surface area contributed by atoms with Crippen molar-refractivity contribution in [2.75, 3.05) is 5.73 Å². The van der Waals surface area contributed by atoms with Crippen LogP contribution in [-0.2, 0) is 5.92 Å². The fraction of sp³-hybridized carbons (Fsp3) is 0.154. The second-order valence-corrected chi connectivity index (χ2v) is 3.73. The lowest BCUT2D eigenvalue weighted by atomic mass is 10.0. The van der Waals surface area contributed by atoms with Gasteiger partial charge in [0, 0.05) is 10.9 Å². The molecule has 2 nitrogen and oxygen atoms in total. The maximum atomic E-state index is 13.9. The molecule has 1 aromatic heterocycles. The number of allylic oxidation sites excluding steroid dienone is 2. The molecule has 2 rings (SSSR count). The van der Waals surface area contributed by atoms with Crippen molar-refractivity contribution in [3.05, 3.63) is 48.0 Å². The number of nitrogens with two attached hydrogens (primary N) is 1. The Hall–Kier alpha value is -1.97. The van der Waals surface area contributed by atoms with Crippen molar-refractivity contribution < 1.29 is 8.78 Å². The van der Waals surface area contributed by atoms with E-state index in [0.29, 0.717) is 10.9 Å². The molecule has 0 aliphatic carbocycles. The third-order valence-corrected chi connectivity index (χ3v) is 2.47. The minimum atomic E-state index is -3.04. The Kier molecular flexibility index (Phi) is 2.79. The van der Waals surface area contributed by atoms with Crippen LogP contribution in [0.1, 0.15) is 12.5 Å². The van der Waals surface area contributed by atoms with Gasteiger partial charge in [-0.25, -0.2) is 4.98 Å². The molecular formula is C13H12F2N2. The number of nitrogen functional groups attached to an aromatic ring is 1. The molecule has 0 saturated carbocycles. The number of aromatic nitrogens is 1. The van der Waals surface area contributed by atoms with Crippen molar-refractivity contribution in [1.29, 1.82) is 0 Å². The zero-order chi connectivity index (χ0) is 12.5. The van der Waals surface area contributed by atoms with Gasteiger partial charge in [0.05, 0.1) is 5.52 Å². The van der Waals surface area contributed by atoms with Crippen LogP contribution >= 0.6 is 0 Å². The zero-order valence-corrected chi connectivity index (χ0v) is 9.32. The SMILES string of the molecule is C/C=C/C(F)(F)c1cc(N)nc2ccccc12. The summed E-state index contributed by atoms with van der Waals surface area (Å²) < 4.78 is 27.8. The molecule has 0 fully saturated rings. The Bertz CT molecular complexity index is 577. The van der Waals surface area contributed by atoms with Crippen LogP contribution in [0.3, 0.4) is 0 Å². The highest BCUT2D eigenvalue weighted by Crippen LogP contribution is 2.35. The predicted molar refractivity (Wildman–Crippen MR) is 64.9 cm³/mol. The number of rotatable bonds is 2. The number of hydrogen-bond donors (Lipinski definition) is 1. The zero-order valence-electron chi connectivity index (χ0n) is 9.32. The molecular weight excluding hydrogens is 222 g/mol. The highest BCUT2D eigenvalue weighted by molar-refractivity contribution is 5.84. The van der Waals surface area contributed by atoms with Gasteiger partial charge in [-0.15, -0.1) is 0 Å². The Labute approximate surface area is 97.8 Å². The van der Waals surface area contributed by atoms with Gasteiger partial charge in [-0.2, -0.15) is 8.78 Å². The Morgan fingerprint density at radius 3 is 2.71 bits per heavy atom. The van der Waals surface area contributed by atoms with Crippen molar-refractivity contribution in [1.82, 2.24) is 4.98 Å². The van der Waals surface area contributed by atoms with Crippen molar-refractivity contribution in [3.63, 3.8) is 0 Å². The highest BCUT2D eigenvalue weighted by Gasteiger charge is 2.30. The lowest BCUT2D eigenvalue weighted by molar-refractivity contribution is 0.0536. The number of pyridine rings is 1. The van der Waals surface area contributed by atoms with E-state index < -0.39 is 5.92 Å². The molecule has 2 N–H and O–H groups in total. The van der Waals surface area contributed by atoms with Gasteiger partial charge in [-0.1, -0.05) is 24.3 Å². The topological polar surface area (TPSA) is 38.9 Å². The Balaban J connectivity index is 2.76. The number of halogens is 2. The number of fused-ring (bicyclic) bond motifs is 1. The number of para-hydroxylation sites is 1. The molecule has 4 heteroatoms. The van der Waals surface area contributed by atoms with Crippen LogP contribution in [0.5, 0.6) is 0 Å². The minimum Gasteiger partial charge on any atom is -0.384 e. The standard InChI is InChI=1S/C13H12F2N2/c1-2-7-13(14,15)10-8-12(16)17-11-6-4-3-5-9(10)11/h2-8H,1H3,(H2,16,17)/b7-2+. The summed E-state index contributed by atoms with van der Waals surface area (Å²) in [5, 5.41) is 0.421. The van der Waals surface area contributed by atoms with Crippen LogP contribution in [-0.4, -0.2) is 4.98 Å². The quantitative estimate of drug-likeness (QED) is 0.808. The number of alkyl halides is 2. The maximum absolute atomic E-state index is 13.9. The lowest BCUT2D eigenvalue weighted by Crippen LogP contribution is -2.11. The summed E-state index contributed by atoms with van der Waals surface area (Å²) in [6.07, 6.45) is 2.18. The molecule has 88 valence electrons. The summed E-state index contributed by atoms with van der Waals surface area (Å²) in [6, 6.07) is 7.96. The molecule has 17 heavy (non-hydrogen) atoms. The van der Waals surface area contributed by atoms with E-state index >= 15 is 0 Å². The first kappa shape index (κ1) is 11.5. The van der Waals surface area contributed by atoms with Crippen LogP contribution in [0, 0.1) is 0 Å². The van der Waals surface area contributed by atoms with E-state index in [0.717, 1.165) is 6.08 Å². The summed E-state index contributed by atoms with van der Waals surface area (Å²) in [6.45, 7) is 1.56. The van der Waals surface area contributed by atoms with E-state index in [2.05, 4.69) is 4.98 Å². The van der Waals surface area contributed by atoms with E-state index in [-0.39, 0.29) is 11.4 Å². The summed E-state index contributed by atoms with van der Waals surface area (Å²) >= 11 is 0. The number of hydrogen-bond acceptors (Lipinski definition) is 2. The summed E-state index contributed by atoms with van der Waals surface area (Å²) in [5.74, 6) is -2.94. The Morgan fingerprint density at radius 1 is 1.29 bits per heavy atom. The van der Waals surface area contributed by atoms with Crippen molar-refractivity contribution in [2.45, 2.75) is 12.8 Å². The average molecular weight is 234 g/mol. The van der Waals surface area contributed by atoms with Crippen molar-refractivity contribution in [3.8, 4) is 0 Å². The highest BCUT2D eigenvalue weighted by atomic mass is 19.3. The van der Waals surface area contributed by atoms with E-state index in [1.807, 2.05) is 0 Å². The average Bonchev–Trinajstić information content (AvgIpc) is 2.27. The van der Waals surface area contributed by atoms with E-state index in [1.165, 1.54) is 12.1 Å². The van der Waals surface area contributed by atoms with Crippen LogP contribution in [0.15, 0.2) is 42.5 Å². The smallest absolute Gasteiger partial charge is 0.292 e. The van der Waals surface area contributed by atoms with Gasteiger partial charge in [0.2, 0.25) is 0 Å². The van der Waals surface area contributed by atoms with Gasteiger partial charge in [-0.05, 0) is 25.1 Å². The molecule has 1 heterocycles. The monoisotopic (exact) mass is 234 g/mol. The van der Waals surface area contributed by atoms with E-state index in [4.69, 9.17) is 5.73 Å². The summed E-state index contributed by atoms with van der Waals surface area (Å²) in [4.78, 5) is 4.03. The molecule has 0 radical (unpaired) electrons. The summed E-state index contributed by atoms with van der Waals surface area (Å²) in [7, 11) is 0. The molecule has 0 unspecified atom stereocenters. The Morgan fingerprint density at radius 2 is 2.00 bits per heavy atom. The normalized spacial score (nSPS) is 12.4. The van der Waals surface area contributed by atoms with E-state index in [1.54, 1.807) is 31.2 Å². The third-order valence-electron chi connectivity index (χ3n) is 2.47. The molecule has 0 saturated heterocycles. The van der Waals surface area contributed by atoms with Gasteiger partial charge in [0.15, 0.2) is 0 Å². The second-order valence-electron chi connectivity index (χ2n) is 3.73. The number of benzene rings is 1. The maximum Gasteiger partial charge on any atom is 0.292 e. The van der Waals surface area contributed by atoms with Gasteiger partial charge in [0.1, 0.15) is 5.82 Å². The van der Waals surface area contributed by atoms with Crippen molar-refractivity contribution >= 4 is 16.7 Å². The first-order valence-corrected chi connectivity index (χ1v) is 5.22. The molecule has 1 aromatic carbocycles. The largest absolute Gasteiger partial charge is 0.384 e. The van der Waals surface area contributed by atoms with Gasteiger partial charge < -0.3 is 5.73 Å². The summed E-state index contributed by atoms with van der Waals surface area (Å²) in [5.41, 5.74) is 5.92. The van der Waals surface area contributed by atoms with Gasteiger partial charge in [0.25, 0.3) is 5.92 Å². The molecule has 0 aliphatic heterocycles. The lowest BCUT2D eigenvalue weighted by Gasteiger charge is -2.15. The van der Waals surface area contributed by atoms with Crippen LogP contribution in [0.2, 0.25) is 0 Å². The van der Waals surface area contributed by atoms with Gasteiger partial charge in [-0.3, -0.25) is 0 Å². The molecule has 0 aliphatic rings. The first-order valence-electron chi connectivity index (χ1n) is 5.22. The molecule has 0 spiro atoms. The molecule has 0 amide bonds. The third kappa shape index (κ3) is 2.11. The molecule has 0 bridgehead atoms. The van der Waals surface area contributed by atoms with Crippen LogP contribution in [0.25, 0.3) is 10.9 Å². The van der Waals surface area contributed by atoms with Crippen molar-refractivity contribution in [2.24, 2.45) is 0 Å². The number of anilines is 1. The minimum absolute atomic E-state index is 0.0999. The van der Waals surface area contributed by atoms with Crippen LogP contribution in [0.4, 0.5) is 14.6 Å². The first-order chi connectivity index (χ1) is 8.04. The van der Waals surface area contributed by atoms with Gasteiger partial charge >= 0.3 is 0 Å². The fourth-order valence-electron chi connectivity index (χ4n) is 1.77. The predicted octanol–water partition coefficient (Wildman–Crippen LogP) is 3.48. The molecule has 0 atom stereocenters. The number of nitrogens with zero attached hydrogens (tertiary/aromatic N) is 1. The molecule has 2 aromatic rings. The van der Waals surface area contributed by atoms with E-state index in [9.17, 15) is 8.78 Å².